The van der Waals surface area contributed by atoms with Crippen LogP contribution in [0.15, 0.2) is 36.5 Å². The van der Waals surface area contributed by atoms with Crippen molar-refractivity contribution in [1.82, 2.24) is 4.98 Å². The van der Waals surface area contributed by atoms with Crippen molar-refractivity contribution in [2.45, 2.75) is 25.3 Å². The molecule has 0 radical (unpaired) electrons. The highest BCUT2D eigenvalue weighted by Gasteiger charge is 2.22. The molecule has 1 saturated carbocycles. The van der Waals surface area contributed by atoms with Gasteiger partial charge >= 0.3 is 0 Å². The van der Waals surface area contributed by atoms with Gasteiger partial charge in [0.1, 0.15) is 11.9 Å². The minimum absolute atomic E-state index is 0.234. The molecule has 0 bridgehead atoms. The predicted octanol–water partition coefficient (Wildman–Crippen LogP) is 3.26. The van der Waals surface area contributed by atoms with Crippen LogP contribution in [0.5, 0.6) is 0 Å². The van der Waals surface area contributed by atoms with Crippen molar-refractivity contribution < 1.29 is 4.39 Å². The molecule has 100 valence electrons. The predicted molar refractivity (Wildman–Crippen MR) is 74.8 cm³/mol. The molecule has 1 N–H and O–H groups in total. The largest absolute Gasteiger partial charge is 0.380 e. The lowest BCUT2D eigenvalue weighted by atomic mass is 10.1. The van der Waals surface area contributed by atoms with Crippen molar-refractivity contribution in [1.29, 1.82) is 5.26 Å². The molecule has 0 unspecified atom stereocenters. The zero-order valence-electron chi connectivity index (χ0n) is 10.9. The van der Waals surface area contributed by atoms with Gasteiger partial charge in [0.15, 0.2) is 5.69 Å². The minimum Gasteiger partial charge on any atom is -0.380 e. The van der Waals surface area contributed by atoms with Crippen LogP contribution in [0.3, 0.4) is 0 Å². The van der Waals surface area contributed by atoms with E-state index in [9.17, 15) is 4.39 Å². The van der Waals surface area contributed by atoms with E-state index in [0.29, 0.717) is 18.2 Å². The summed E-state index contributed by atoms with van der Waals surface area (Å²) in [4.78, 5) is 4.19. The lowest BCUT2D eigenvalue weighted by molar-refractivity contribution is 0.627. The molecule has 1 aliphatic rings. The Morgan fingerprint density at radius 2 is 2.00 bits per heavy atom. The van der Waals surface area contributed by atoms with Gasteiger partial charge in [0, 0.05) is 12.2 Å². The molecular formula is C16H14FN3. The van der Waals surface area contributed by atoms with Crippen molar-refractivity contribution in [3.8, 4) is 6.07 Å². The number of pyridine rings is 1. The highest BCUT2D eigenvalue weighted by Crippen LogP contribution is 2.26. The molecule has 0 spiro atoms. The van der Waals surface area contributed by atoms with Crippen LogP contribution in [0.2, 0.25) is 0 Å². The SMILES string of the molecule is N#Cc1ncc(Cc2ccc(F)cc2)cc1NC1CC1. The number of anilines is 1. The molecule has 1 heterocycles. The van der Waals surface area contributed by atoms with E-state index >= 15 is 0 Å². The van der Waals surface area contributed by atoms with Gasteiger partial charge in [-0.3, -0.25) is 0 Å². The standard InChI is InChI=1S/C16H14FN3/c17-13-3-1-11(2-4-13)7-12-8-15(20-14-5-6-14)16(9-18)19-10-12/h1-4,8,10,14,20H,5-7H2. The minimum atomic E-state index is -0.234. The zero-order valence-corrected chi connectivity index (χ0v) is 10.9. The van der Waals surface area contributed by atoms with Gasteiger partial charge < -0.3 is 5.32 Å². The highest BCUT2D eigenvalue weighted by molar-refractivity contribution is 5.56. The molecule has 1 aliphatic carbocycles. The Bertz CT molecular complexity index is 654. The van der Waals surface area contributed by atoms with Gasteiger partial charge in [-0.1, -0.05) is 12.1 Å². The monoisotopic (exact) mass is 267 g/mol. The van der Waals surface area contributed by atoms with Crippen molar-refractivity contribution in [2.75, 3.05) is 5.32 Å². The Kier molecular flexibility index (Phi) is 3.34. The molecule has 0 saturated heterocycles. The lowest BCUT2D eigenvalue weighted by Crippen LogP contribution is -2.05. The fourth-order valence-corrected chi connectivity index (χ4v) is 2.09. The number of hydrogen-bond donors (Lipinski definition) is 1. The second kappa shape index (κ2) is 5.30. The van der Waals surface area contributed by atoms with Gasteiger partial charge in [0.05, 0.1) is 5.69 Å². The summed E-state index contributed by atoms with van der Waals surface area (Å²) in [6.07, 6.45) is 4.68. The number of nitriles is 1. The number of aromatic nitrogens is 1. The second-order valence-corrected chi connectivity index (χ2v) is 5.07. The van der Waals surface area contributed by atoms with E-state index in [2.05, 4.69) is 16.4 Å². The molecule has 1 aromatic heterocycles. The topological polar surface area (TPSA) is 48.7 Å². The van der Waals surface area contributed by atoms with E-state index in [1.807, 2.05) is 6.07 Å². The van der Waals surface area contributed by atoms with Gasteiger partial charge in [-0.25, -0.2) is 9.37 Å². The zero-order chi connectivity index (χ0) is 13.9. The highest BCUT2D eigenvalue weighted by atomic mass is 19.1. The smallest absolute Gasteiger partial charge is 0.163 e. The molecule has 3 nitrogen and oxygen atoms in total. The Labute approximate surface area is 117 Å². The van der Waals surface area contributed by atoms with E-state index in [1.165, 1.54) is 12.1 Å². The van der Waals surface area contributed by atoms with Crippen LogP contribution in [0, 0.1) is 17.1 Å². The van der Waals surface area contributed by atoms with Gasteiger partial charge in [-0.2, -0.15) is 5.26 Å². The summed E-state index contributed by atoms with van der Waals surface area (Å²) in [5.41, 5.74) is 3.27. The molecule has 20 heavy (non-hydrogen) atoms. The first kappa shape index (κ1) is 12.6. The Morgan fingerprint density at radius 1 is 1.25 bits per heavy atom. The number of nitrogens with zero attached hydrogens (tertiary/aromatic N) is 2. The molecule has 1 fully saturated rings. The van der Waals surface area contributed by atoms with Crippen LogP contribution in [0.25, 0.3) is 0 Å². The van der Waals surface area contributed by atoms with Crippen molar-refractivity contribution in [3.63, 3.8) is 0 Å². The number of benzene rings is 1. The molecule has 0 amide bonds. The fraction of sp³-hybridized carbons (Fsp3) is 0.250. The maximum atomic E-state index is 12.9. The fourth-order valence-electron chi connectivity index (χ4n) is 2.09. The Balaban J connectivity index is 1.82. The molecule has 0 aliphatic heterocycles. The molecule has 3 rings (SSSR count). The number of rotatable bonds is 4. The maximum Gasteiger partial charge on any atom is 0.163 e. The summed E-state index contributed by atoms with van der Waals surface area (Å²) in [7, 11) is 0. The van der Waals surface area contributed by atoms with Gasteiger partial charge in [0.25, 0.3) is 0 Å². The van der Waals surface area contributed by atoms with Crippen LogP contribution in [-0.4, -0.2) is 11.0 Å². The van der Waals surface area contributed by atoms with E-state index in [1.54, 1.807) is 18.3 Å². The van der Waals surface area contributed by atoms with Crippen LogP contribution < -0.4 is 5.32 Å². The summed E-state index contributed by atoms with van der Waals surface area (Å²) >= 11 is 0. The van der Waals surface area contributed by atoms with E-state index in [4.69, 9.17) is 5.26 Å². The van der Waals surface area contributed by atoms with Gasteiger partial charge in [-0.05, 0) is 48.6 Å². The Morgan fingerprint density at radius 3 is 2.65 bits per heavy atom. The van der Waals surface area contributed by atoms with Gasteiger partial charge in [0.2, 0.25) is 0 Å². The second-order valence-electron chi connectivity index (χ2n) is 5.07. The van der Waals surface area contributed by atoms with Crippen molar-refractivity contribution in [2.24, 2.45) is 0 Å². The summed E-state index contributed by atoms with van der Waals surface area (Å²) in [5, 5.41) is 12.4. The number of hydrogen-bond acceptors (Lipinski definition) is 3. The molecule has 4 heteroatoms. The van der Waals surface area contributed by atoms with Crippen LogP contribution in [-0.2, 0) is 6.42 Å². The van der Waals surface area contributed by atoms with Crippen LogP contribution >= 0.6 is 0 Å². The third-order valence-corrected chi connectivity index (χ3v) is 3.31. The first-order chi connectivity index (χ1) is 9.74. The van der Waals surface area contributed by atoms with Gasteiger partial charge in [-0.15, -0.1) is 0 Å². The van der Waals surface area contributed by atoms with E-state index in [0.717, 1.165) is 29.7 Å². The van der Waals surface area contributed by atoms with Crippen LogP contribution in [0.4, 0.5) is 10.1 Å². The number of halogens is 1. The summed E-state index contributed by atoms with van der Waals surface area (Å²) < 4.78 is 12.9. The Hall–Kier alpha value is -2.41. The van der Waals surface area contributed by atoms with E-state index < -0.39 is 0 Å². The summed E-state index contributed by atoms with van der Waals surface area (Å²) in [6.45, 7) is 0. The molecule has 0 atom stereocenters. The first-order valence-electron chi connectivity index (χ1n) is 6.64. The quantitative estimate of drug-likeness (QED) is 0.925. The summed E-state index contributed by atoms with van der Waals surface area (Å²) in [5.74, 6) is -0.234. The average Bonchev–Trinajstić information content (AvgIpc) is 3.26. The third kappa shape index (κ3) is 2.94. The van der Waals surface area contributed by atoms with Crippen molar-refractivity contribution in [3.05, 3.63) is 59.2 Å². The third-order valence-electron chi connectivity index (χ3n) is 3.31. The van der Waals surface area contributed by atoms with E-state index in [-0.39, 0.29) is 5.82 Å². The lowest BCUT2D eigenvalue weighted by Gasteiger charge is -2.09. The first-order valence-corrected chi connectivity index (χ1v) is 6.64. The number of nitrogens with one attached hydrogen (secondary N) is 1. The molecule has 1 aromatic carbocycles. The normalized spacial score (nSPS) is 13.8. The van der Waals surface area contributed by atoms with Crippen LogP contribution in [0.1, 0.15) is 29.7 Å². The summed E-state index contributed by atoms with van der Waals surface area (Å²) in [6, 6.07) is 11.0. The van der Waals surface area contributed by atoms with Crippen molar-refractivity contribution >= 4 is 5.69 Å². The average molecular weight is 267 g/mol. The molecular weight excluding hydrogens is 253 g/mol. The maximum absolute atomic E-state index is 12.9. The molecule has 2 aromatic rings.